The molecular formula is C34H41O5P. The second-order valence-corrected chi connectivity index (χ2v) is 13.9. The summed E-state index contributed by atoms with van der Waals surface area (Å²) in [6, 6.07) is 24.6. The largest absolute Gasteiger partial charge is 0.488 e. The maximum atomic E-state index is 14.4. The summed E-state index contributed by atoms with van der Waals surface area (Å²) in [7, 11) is -3.95. The highest BCUT2D eigenvalue weighted by Crippen LogP contribution is 2.60. The number of ether oxygens (including phenoxy) is 2. The van der Waals surface area contributed by atoms with Gasteiger partial charge in [-0.05, 0) is 88.2 Å². The van der Waals surface area contributed by atoms with Gasteiger partial charge in [0, 0.05) is 5.41 Å². The molecule has 3 aromatic rings. The summed E-state index contributed by atoms with van der Waals surface area (Å²) in [6.45, 7) is 21.3. The van der Waals surface area contributed by atoms with E-state index < -0.39 is 12.9 Å². The van der Waals surface area contributed by atoms with Crippen LogP contribution in [0.1, 0.15) is 59.6 Å². The van der Waals surface area contributed by atoms with E-state index in [2.05, 4.69) is 39.1 Å². The molecule has 0 N–H and O–H groups in total. The second-order valence-electron chi connectivity index (χ2n) is 11.5. The van der Waals surface area contributed by atoms with Crippen molar-refractivity contribution in [3.8, 4) is 17.2 Å². The molecule has 0 saturated heterocycles. The van der Waals surface area contributed by atoms with Crippen molar-refractivity contribution in [3.63, 3.8) is 0 Å². The van der Waals surface area contributed by atoms with Crippen LogP contribution in [-0.4, -0.2) is 10.9 Å². The van der Waals surface area contributed by atoms with Crippen LogP contribution in [0.5, 0.6) is 17.2 Å². The van der Waals surface area contributed by atoms with Crippen molar-refractivity contribution in [3.05, 3.63) is 127 Å². The highest BCUT2D eigenvalue weighted by atomic mass is 31.2. The summed E-state index contributed by atoms with van der Waals surface area (Å²) in [4.78, 5) is 0. The Hall–Kier alpha value is -3.69. The summed E-state index contributed by atoms with van der Waals surface area (Å²) in [6.07, 6.45) is 4.93. The van der Waals surface area contributed by atoms with E-state index in [0.717, 1.165) is 16.9 Å². The molecule has 212 valence electrons. The molecule has 0 spiro atoms. The zero-order valence-corrected chi connectivity index (χ0v) is 25.5. The van der Waals surface area contributed by atoms with Crippen molar-refractivity contribution in [2.45, 2.75) is 64.8 Å². The molecule has 0 fully saturated rings. The Morgan fingerprint density at radius 3 is 1.68 bits per heavy atom. The highest BCUT2D eigenvalue weighted by molar-refractivity contribution is 7.56. The van der Waals surface area contributed by atoms with Gasteiger partial charge in [-0.1, -0.05) is 81.6 Å². The number of allylic oxidation sites excluding steroid dienone is 3. The Labute approximate surface area is 239 Å². The molecule has 1 atom stereocenters. The van der Waals surface area contributed by atoms with Crippen LogP contribution >= 0.6 is 7.60 Å². The van der Waals surface area contributed by atoms with E-state index in [9.17, 15) is 4.57 Å². The molecule has 3 rings (SSSR count). The van der Waals surface area contributed by atoms with Gasteiger partial charge in [-0.15, -0.1) is 0 Å². The predicted octanol–water partition coefficient (Wildman–Crippen LogP) is 9.85. The minimum Gasteiger partial charge on any atom is -0.488 e. The number of rotatable bonds is 12. The molecule has 0 heterocycles. The van der Waals surface area contributed by atoms with E-state index >= 15 is 0 Å². The number of benzene rings is 3. The normalized spacial score (nSPS) is 13.8. The fraction of sp³-hybridized carbons (Fsp3) is 0.294. The van der Waals surface area contributed by atoms with Crippen molar-refractivity contribution in [1.29, 1.82) is 0 Å². The summed E-state index contributed by atoms with van der Waals surface area (Å²) < 4.78 is 38.4. The number of hydrogen-bond donors (Lipinski definition) is 0. The van der Waals surface area contributed by atoms with Gasteiger partial charge >= 0.3 is 7.60 Å². The summed E-state index contributed by atoms with van der Waals surface area (Å²) in [5.41, 5.74) is 1.66. The van der Waals surface area contributed by atoms with E-state index in [-0.39, 0.29) is 11.0 Å². The van der Waals surface area contributed by atoms with Crippen LogP contribution in [0.25, 0.3) is 0 Å². The average molecular weight is 561 g/mol. The Kier molecular flexibility index (Phi) is 9.43. The Morgan fingerprint density at radius 2 is 1.20 bits per heavy atom. The first-order valence-corrected chi connectivity index (χ1v) is 14.8. The Bertz CT molecular complexity index is 1360. The fourth-order valence-electron chi connectivity index (χ4n) is 3.98. The molecule has 0 aliphatic rings. The van der Waals surface area contributed by atoms with E-state index in [1.807, 2.05) is 51.1 Å². The first kappa shape index (κ1) is 30.8. The van der Waals surface area contributed by atoms with Crippen LogP contribution in [0.3, 0.4) is 0 Å². The third-order valence-electron chi connectivity index (χ3n) is 6.23. The van der Waals surface area contributed by atoms with Gasteiger partial charge in [0.2, 0.25) is 5.34 Å². The van der Waals surface area contributed by atoms with E-state index in [1.54, 1.807) is 68.5 Å². The quantitative estimate of drug-likeness (QED) is 0.125. The van der Waals surface area contributed by atoms with E-state index in [1.165, 1.54) is 0 Å². The summed E-state index contributed by atoms with van der Waals surface area (Å²) >= 11 is 0. The zero-order chi connectivity index (χ0) is 29.6. The lowest BCUT2D eigenvalue weighted by molar-refractivity contribution is 0.0918. The number of hydrogen-bond acceptors (Lipinski definition) is 5. The van der Waals surface area contributed by atoms with Crippen molar-refractivity contribution in [2.24, 2.45) is 0 Å². The molecule has 0 aliphatic carbocycles. The Balaban J connectivity index is 1.87. The van der Waals surface area contributed by atoms with Crippen LogP contribution in [0, 0.1) is 0 Å². The van der Waals surface area contributed by atoms with E-state index in [4.69, 9.17) is 18.5 Å². The third kappa shape index (κ3) is 7.92. The van der Waals surface area contributed by atoms with Crippen LogP contribution < -0.4 is 13.8 Å². The minimum atomic E-state index is -3.95. The smallest absolute Gasteiger partial charge is 0.473 e. The van der Waals surface area contributed by atoms with Gasteiger partial charge in [0.15, 0.2) is 0 Å². The van der Waals surface area contributed by atoms with Gasteiger partial charge < -0.3 is 18.5 Å². The maximum absolute atomic E-state index is 14.4. The van der Waals surface area contributed by atoms with Crippen molar-refractivity contribution >= 4 is 7.60 Å². The lowest BCUT2D eigenvalue weighted by Crippen LogP contribution is -2.29. The van der Waals surface area contributed by atoms with Crippen LogP contribution in [-0.2, 0) is 14.7 Å². The minimum absolute atomic E-state index is 0.258. The van der Waals surface area contributed by atoms with Gasteiger partial charge in [-0.3, -0.25) is 0 Å². The molecule has 0 radical (unpaired) electrons. The SMILES string of the molecule is C=C/C=C\C(=C)OC(C)(C)P(=O)(Oc1ccccc1)Oc1ccc(C(C)(C)c2ccc(OC(C)(C)C)cc2)cc1. The summed E-state index contributed by atoms with van der Waals surface area (Å²) in [5, 5.41) is -1.36. The van der Waals surface area contributed by atoms with Crippen LogP contribution in [0.15, 0.2) is 116 Å². The molecule has 0 bridgehead atoms. The van der Waals surface area contributed by atoms with Crippen molar-refractivity contribution < 1.29 is 23.1 Å². The summed E-state index contributed by atoms with van der Waals surface area (Å²) in [5.74, 6) is 1.95. The maximum Gasteiger partial charge on any atom is 0.473 e. The van der Waals surface area contributed by atoms with Gasteiger partial charge in [0.05, 0.1) is 0 Å². The fourth-order valence-corrected chi connectivity index (χ4v) is 5.48. The highest BCUT2D eigenvalue weighted by Gasteiger charge is 2.49. The first-order chi connectivity index (χ1) is 18.6. The van der Waals surface area contributed by atoms with Crippen molar-refractivity contribution in [2.75, 3.05) is 0 Å². The monoisotopic (exact) mass is 560 g/mol. The van der Waals surface area contributed by atoms with Gasteiger partial charge in [0.25, 0.3) is 0 Å². The lowest BCUT2D eigenvalue weighted by Gasteiger charge is -2.33. The van der Waals surface area contributed by atoms with Gasteiger partial charge in [-0.2, -0.15) is 0 Å². The lowest BCUT2D eigenvalue weighted by atomic mass is 9.78. The standard InChI is InChI=1S/C34H41O5P/c1-10-11-15-26(2)36-34(8,9)40(35,38-30-16-13-12-14-17-30)39-31-24-20-28(21-25-31)33(6,7)27-18-22-29(23-19-27)37-32(3,4)5/h10-25H,1-2H2,3-9H3/b15-11-. The zero-order valence-electron chi connectivity index (χ0n) is 24.6. The first-order valence-electron chi connectivity index (χ1n) is 13.3. The predicted molar refractivity (Wildman–Crippen MR) is 164 cm³/mol. The molecule has 1 unspecified atom stereocenters. The molecule has 40 heavy (non-hydrogen) atoms. The Morgan fingerprint density at radius 1 is 0.725 bits per heavy atom. The van der Waals surface area contributed by atoms with Gasteiger partial charge in [0.1, 0.15) is 28.6 Å². The molecule has 0 amide bonds. The molecule has 0 aliphatic heterocycles. The molecule has 0 aromatic heterocycles. The van der Waals surface area contributed by atoms with E-state index in [0.29, 0.717) is 17.3 Å². The van der Waals surface area contributed by atoms with Crippen LogP contribution in [0.4, 0.5) is 0 Å². The average Bonchev–Trinajstić information content (AvgIpc) is 2.87. The second kappa shape index (κ2) is 12.2. The van der Waals surface area contributed by atoms with Crippen LogP contribution in [0.2, 0.25) is 0 Å². The molecule has 5 nitrogen and oxygen atoms in total. The topological polar surface area (TPSA) is 54.0 Å². The molecular weight excluding hydrogens is 519 g/mol. The van der Waals surface area contributed by atoms with Crippen molar-refractivity contribution in [1.82, 2.24) is 0 Å². The molecule has 6 heteroatoms. The molecule has 0 saturated carbocycles. The van der Waals surface area contributed by atoms with Gasteiger partial charge in [-0.25, -0.2) is 4.57 Å². The third-order valence-corrected chi connectivity index (χ3v) is 8.54. The molecule has 3 aromatic carbocycles. The number of para-hydroxylation sites is 1.